The minimum Gasteiger partial charge on any atom is -0.490 e. The fraction of sp³-hybridized carbons (Fsp3) is 0.381. The molecule has 1 aromatic heterocycles. The maximum Gasteiger partial charge on any atom is 0.162 e. The molecule has 2 aromatic carbocycles. The molecule has 0 unspecified atom stereocenters. The molecule has 27 heavy (non-hydrogen) atoms. The van der Waals surface area contributed by atoms with E-state index in [4.69, 9.17) is 9.47 Å². The standard InChI is InChI=1S/C21H26BrN3O2/c1-3-11-27-20-13-16(22)15(12-19(20)26-4-2)14-23-10-9-21-24-17-7-5-6-8-18(17)25-21/h5-8,12-13,23H,3-4,9-11,14H2,1-2H3,(H,24,25). The third-order valence-electron chi connectivity index (χ3n) is 4.17. The molecular weight excluding hydrogens is 406 g/mol. The summed E-state index contributed by atoms with van der Waals surface area (Å²) in [6.07, 6.45) is 1.82. The molecule has 0 saturated heterocycles. The van der Waals surface area contributed by atoms with Crippen LogP contribution in [0.3, 0.4) is 0 Å². The van der Waals surface area contributed by atoms with E-state index in [9.17, 15) is 0 Å². The van der Waals surface area contributed by atoms with Crippen molar-refractivity contribution in [3.05, 3.63) is 52.3 Å². The van der Waals surface area contributed by atoms with E-state index >= 15 is 0 Å². The van der Waals surface area contributed by atoms with Crippen LogP contribution in [0, 0.1) is 0 Å². The van der Waals surface area contributed by atoms with Crippen LogP contribution in [0.2, 0.25) is 0 Å². The highest BCUT2D eigenvalue weighted by Crippen LogP contribution is 2.34. The zero-order valence-electron chi connectivity index (χ0n) is 15.8. The summed E-state index contributed by atoms with van der Waals surface area (Å²) in [5.41, 5.74) is 3.24. The number of aromatic nitrogens is 2. The molecule has 2 N–H and O–H groups in total. The molecule has 1 heterocycles. The van der Waals surface area contributed by atoms with Gasteiger partial charge in [-0.05, 0) is 43.2 Å². The number of hydrogen-bond donors (Lipinski definition) is 2. The first-order valence-electron chi connectivity index (χ1n) is 9.43. The summed E-state index contributed by atoms with van der Waals surface area (Å²) in [5, 5.41) is 3.48. The van der Waals surface area contributed by atoms with Gasteiger partial charge in [-0.1, -0.05) is 35.0 Å². The molecule has 3 aromatic rings. The highest BCUT2D eigenvalue weighted by atomic mass is 79.9. The zero-order chi connectivity index (χ0) is 19.1. The van der Waals surface area contributed by atoms with Crippen molar-refractivity contribution in [2.24, 2.45) is 0 Å². The van der Waals surface area contributed by atoms with Crippen LogP contribution in [0.4, 0.5) is 0 Å². The van der Waals surface area contributed by atoms with Gasteiger partial charge in [0.2, 0.25) is 0 Å². The highest BCUT2D eigenvalue weighted by Gasteiger charge is 2.11. The Hall–Kier alpha value is -2.05. The van der Waals surface area contributed by atoms with Crippen LogP contribution < -0.4 is 14.8 Å². The third-order valence-corrected chi connectivity index (χ3v) is 4.90. The van der Waals surface area contributed by atoms with Crippen molar-refractivity contribution in [3.63, 3.8) is 0 Å². The van der Waals surface area contributed by atoms with Crippen LogP contribution in [0.25, 0.3) is 11.0 Å². The van der Waals surface area contributed by atoms with E-state index in [1.807, 2.05) is 43.3 Å². The minimum absolute atomic E-state index is 0.614. The molecule has 0 aliphatic rings. The van der Waals surface area contributed by atoms with E-state index in [0.717, 1.165) is 64.3 Å². The zero-order valence-corrected chi connectivity index (χ0v) is 17.4. The molecule has 144 valence electrons. The molecule has 0 amide bonds. The Balaban J connectivity index is 1.58. The van der Waals surface area contributed by atoms with Gasteiger partial charge in [0.25, 0.3) is 0 Å². The smallest absolute Gasteiger partial charge is 0.162 e. The maximum absolute atomic E-state index is 5.80. The molecule has 0 bridgehead atoms. The lowest BCUT2D eigenvalue weighted by molar-refractivity contribution is 0.276. The topological polar surface area (TPSA) is 59.2 Å². The quantitative estimate of drug-likeness (QED) is 0.450. The fourth-order valence-corrected chi connectivity index (χ4v) is 3.32. The number of nitrogens with one attached hydrogen (secondary N) is 2. The average Bonchev–Trinajstić information content (AvgIpc) is 3.09. The first-order valence-corrected chi connectivity index (χ1v) is 10.2. The van der Waals surface area contributed by atoms with Gasteiger partial charge in [-0.3, -0.25) is 0 Å². The fourth-order valence-electron chi connectivity index (χ4n) is 2.86. The summed E-state index contributed by atoms with van der Waals surface area (Å²) in [6, 6.07) is 12.1. The van der Waals surface area contributed by atoms with Crippen LogP contribution in [0.15, 0.2) is 40.9 Å². The maximum atomic E-state index is 5.80. The van der Waals surface area contributed by atoms with Crippen molar-refractivity contribution in [1.82, 2.24) is 15.3 Å². The van der Waals surface area contributed by atoms with Gasteiger partial charge in [0.05, 0.1) is 24.2 Å². The SMILES string of the molecule is CCCOc1cc(Br)c(CNCCc2nc3ccccc3[nH]2)cc1OCC. The lowest BCUT2D eigenvalue weighted by Gasteiger charge is -2.15. The van der Waals surface area contributed by atoms with Gasteiger partial charge in [0, 0.05) is 24.0 Å². The van der Waals surface area contributed by atoms with Gasteiger partial charge in [-0.15, -0.1) is 0 Å². The molecule has 0 saturated carbocycles. The first kappa shape index (κ1) is 19.7. The summed E-state index contributed by atoms with van der Waals surface area (Å²) in [6.45, 7) is 6.95. The Labute approximate surface area is 168 Å². The van der Waals surface area contributed by atoms with Crippen molar-refractivity contribution in [3.8, 4) is 11.5 Å². The summed E-state index contributed by atoms with van der Waals surface area (Å²) in [7, 11) is 0. The lowest BCUT2D eigenvalue weighted by Crippen LogP contribution is -2.17. The average molecular weight is 432 g/mol. The summed E-state index contributed by atoms with van der Waals surface area (Å²) in [4.78, 5) is 7.97. The molecule has 0 spiro atoms. The number of fused-ring (bicyclic) bond motifs is 1. The Morgan fingerprint density at radius 1 is 1.11 bits per heavy atom. The van der Waals surface area contributed by atoms with Gasteiger partial charge in [0.15, 0.2) is 11.5 Å². The van der Waals surface area contributed by atoms with Crippen molar-refractivity contribution in [1.29, 1.82) is 0 Å². The van der Waals surface area contributed by atoms with E-state index in [2.05, 4.69) is 38.1 Å². The normalized spacial score (nSPS) is 11.1. The molecule has 6 heteroatoms. The van der Waals surface area contributed by atoms with Gasteiger partial charge < -0.3 is 19.8 Å². The van der Waals surface area contributed by atoms with Crippen LogP contribution in [-0.4, -0.2) is 29.7 Å². The van der Waals surface area contributed by atoms with Gasteiger partial charge in [-0.25, -0.2) is 4.98 Å². The van der Waals surface area contributed by atoms with E-state index < -0.39 is 0 Å². The number of ether oxygens (including phenoxy) is 2. The number of nitrogens with zero attached hydrogens (tertiary/aromatic N) is 1. The van der Waals surface area contributed by atoms with Gasteiger partial charge in [0.1, 0.15) is 5.82 Å². The van der Waals surface area contributed by atoms with E-state index in [1.54, 1.807) is 0 Å². The summed E-state index contributed by atoms with van der Waals surface area (Å²) < 4.78 is 12.6. The first-order chi connectivity index (χ1) is 13.2. The molecule has 0 atom stereocenters. The minimum atomic E-state index is 0.614. The molecule has 0 radical (unpaired) electrons. The molecule has 5 nitrogen and oxygen atoms in total. The highest BCUT2D eigenvalue weighted by molar-refractivity contribution is 9.10. The summed E-state index contributed by atoms with van der Waals surface area (Å²) >= 11 is 3.65. The number of halogens is 1. The number of H-pyrrole nitrogens is 1. The molecule has 0 aliphatic heterocycles. The Morgan fingerprint density at radius 3 is 2.70 bits per heavy atom. The van der Waals surface area contributed by atoms with Crippen LogP contribution in [0.1, 0.15) is 31.7 Å². The number of imidazole rings is 1. The van der Waals surface area contributed by atoms with Gasteiger partial charge >= 0.3 is 0 Å². The van der Waals surface area contributed by atoms with Crippen LogP contribution in [0.5, 0.6) is 11.5 Å². The second-order valence-corrected chi connectivity index (χ2v) is 7.15. The van der Waals surface area contributed by atoms with E-state index in [1.165, 1.54) is 0 Å². The molecule has 0 fully saturated rings. The number of hydrogen-bond acceptors (Lipinski definition) is 4. The predicted octanol–water partition coefficient (Wildman–Crippen LogP) is 4.85. The number of rotatable bonds is 10. The Morgan fingerprint density at radius 2 is 1.93 bits per heavy atom. The van der Waals surface area contributed by atoms with Crippen LogP contribution in [-0.2, 0) is 13.0 Å². The van der Waals surface area contributed by atoms with Crippen molar-refractivity contribution in [2.75, 3.05) is 19.8 Å². The van der Waals surface area contributed by atoms with Crippen LogP contribution >= 0.6 is 15.9 Å². The molecule has 0 aliphatic carbocycles. The number of para-hydroxylation sites is 2. The summed E-state index contributed by atoms with van der Waals surface area (Å²) in [5.74, 6) is 2.58. The second kappa shape index (κ2) is 9.76. The van der Waals surface area contributed by atoms with E-state index in [0.29, 0.717) is 13.2 Å². The predicted molar refractivity (Wildman–Crippen MR) is 113 cm³/mol. The third kappa shape index (κ3) is 5.23. The lowest BCUT2D eigenvalue weighted by atomic mass is 10.2. The second-order valence-electron chi connectivity index (χ2n) is 6.30. The molecule has 3 rings (SSSR count). The Kier molecular flexibility index (Phi) is 7.12. The largest absolute Gasteiger partial charge is 0.490 e. The van der Waals surface area contributed by atoms with E-state index in [-0.39, 0.29) is 0 Å². The van der Waals surface area contributed by atoms with Crippen molar-refractivity contribution in [2.45, 2.75) is 33.2 Å². The van der Waals surface area contributed by atoms with Crippen molar-refractivity contribution >= 4 is 27.0 Å². The van der Waals surface area contributed by atoms with Gasteiger partial charge in [-0.2, -0.15) is 0 Å². The monoisotopic (exact) mass is 431 g/mol. The molecular formula is C21H26BrN3O2. The Bertz CT molecular complexity index is 846. The van der Waals surface area contributed by atoms with Crippen molar-refractivity contribution < 1.29 is 9.47 Å². The number of benzene rings is 2. The number of aromatic amines is 1.